The molecule has 1 aromatic rings. The van der Waals surface area contributed by atoms with Crippen LogP contribution in [0.2, 0.25) is 0 Å². The molecule has 0 aliphatic carbocycles. The predicted molar refractivity (Wildman–Crippen MR) is 83.6 cm³/mol. The Hall–Kier alpha value is -1.75. The summed E-state index contributed by atoms with van der Waals surface area (Å²) >= 11 is 0. The van der Waals surface area contributed by atoms with Gasteiger partial charge >= 0.3 is 0 Å². The van der Waals surface area contributed by atoms with Gasteiger partial charge in [-0.25, -0.2) is 0 Å². The van der Waals surface area contributed by atoms with E-state index in [-0.39, 0.29) is 17.9 Å². The SMILES string of the molecule is CCC(CN)CC(=O)NC(C)c1cc(OC)ccc1OC. The zero-order valence-electron chi connectivity index (χ0n) is 13.3. The van der Waals surface area contributed by atoms with Crippen LogP contribution in [0.3, 0.4) is 0 Å². The van der Waals surface area contributed by atoms with Crippen LogP contribution >= 0.6 is 0 Å². The molecule has 2 atom stereocenters. The first kappa shape index (κ1) is 17.3. The molecule has 0 bridgehead atoms. The van der Waals surface area contributed by atoms with Crippen molar-refractivity contribution in [3.05, 3.63) is 23.8 Å². The highest BCUT2D eigenvalue weighted by Crippen LogP contribution is 2.29. The number of hydrogen-bond donors (Lipinski definition) is 2. The molecule has 21 heavy (non-hydrogen) atoms. The summed E-state index contributed by atoms with van der Waals surface area (Å²) in [5, 5.41) is 2.99. The molecule has 1 amide bonds. The molecule has 0 aliphatic heterocycles. The average molecular weight is 294 g/mol. The Labute approximate surface area is 126 Å². The molecule has 0 heterocycles. The molecule has 118 valence electrons. The third-order valence-corrected chi connectivity index (χ3v) is 3.67. The normalized spacial score (nSPS) is 13.4. The first-order valence-electron chi connectivity index (χ1n) is 7.27. The summed E-state index contributed by atoms with van der Waals surface area (Å²) in [6, 6.07) is 5.39. The van der Waals surface area contributed by atoms with Gasteiger partial charge in [0.25, 0.3) is 0 Å². The Kier molecular flexibility index (Phi) is 7.02. The summed E-state index contributed by atoms with van der Waals surface area (Å²) in [4.78, 5) is 12.1. The number of nitrogens with one attached hydrogen (secondary N) is 1. The summed E-state index contributed by atoms with van der Waals surface area (Å²) < 4.78 is 10.6. The number of rotatable bonds is 8. The number of carbonyl (C=O) groups is 1. The summed E-state index contributed by atoms with van der Waals surface area (Å²) in [6.45, 7) is 4.50. The highest BCUT2D eigenvalue weighted by molar-refractivity contribution is 5.76. The van der Waals surface area contributed by atoms with Gasteiger partial charge in [-0.05, 0) is 37.6 Å². The first-order valence-corrected chi connectivity index (χ1v) is 7.27. The lowest BCUT2D eigenvalue weighted by atomic mass is 10.0. The Morgan fingerprint density at radius 1 is 1.33 bits per heavy atom. The smallest absolute Gasteiger partial charge is 0.220 e. The lowest BCUT2D eigenvalue weighted by molar-refractivity contribution is -0.122. The van der Waals surface area contributed by atoms with E-state index in [1.54, 1.807) is 14.2 Å². The van der Waals surface area contributed by atoms with Gasteiger partial charge in [0.15, 0.2) is 0 Å². The van der Waals surface area contributed by atoms with Crippen LogP contribution in [-0.2, 0) is 4.79 Å². The molecule has 5 nitrogen and oxygen atoms in total. The largest absolute Gasteiger partial charge is 0.497 e. The van der Waals surface area contributed by atoms with Gasteiger partial charge in [0, 0.05) is 12.0 Å². The molecule has 0 aliphatic rings. The number of benzene rings is 1. The molecule has 1 aromatic carbocycles. The van der Waals surface area contributed by atoms with E-state index < -0.39 is 0 Å². The number of amides is 1. The minimum absolute atomic E-state index is 0.00433. The van der Waals surface area contributed by atoms with Gasteiger partial charge < -0.3 is 20.5 Å². The molecule has 0 radical (unpaired) electrons. The maximum absolute atomic E-state index is 12.1. The van der Waals surface area contributed by atoms with E-state index in [1.807, 2.05) is 32.0 Å². The molecule has 2 unspecified atom stereocenters. The molecular weight excluding hydrogens is 268 g/mol. The molecule has 5 heteroatoms. The van der Waals surface area contributed by atoms with Crippen molar-refractivity contribution in [2.45, 2.75) is 32.7 Å². The molecule has 1 rings (SSSR count). The summed E-state index contributed by atoms with van der Waals surface area (Å²) in [5.74, 6) is 1.70. The summed E-state index contributed by atoms with van der Waals surface area (Å²) in [6.07, 6.45) is 1.35. The third kappa shape index (κ3) is 4.93. The number of nitrogens with two attached hydrogens (primary N) is 1. The van der Waals surface area contributed by atoms with E-state index in [2.05, 4.69) is 5.32 Å². The minimum atomic E-state index is -0.155. The first-order chi connectivity index (χ1) is 10.0. The van der Waals surface area contributed by atoms with Gasteiger partial charge in [-0.2, -0.15) is 0 Å². The van der Waals surface area contributed by atoms with Crippen molar-refractivity contribution in [3.8, 4) is 11.5 Å². The molecular formula is C16H26N2O3. The Balaban J connectivity index is 2.78. The quantitative estimate of drug-likeness (QED) is 0.771. The van der Waals surface area contributed by atoms with Crippen LogP contribution in [-0.4, -0.2) is 26.7 Å². The van der Waals surface area contributed by atoms with Crippen molar-refractivity contribution >= 4 is 5.91 Å². The van der Waals surface area contributed by atoms with Gasteiger partial charge in [-0.3, -0.25) is 4.79 Å². The van der Waals surface area contributed by atoms with Crippen LogP contribution in [0, 0.1) is 5.92 Å². The summed E-state index contributed by atoms with van der Waals surface area (Å²) in [5.41, 5.74) is 6.53. The molecule has 0 aromatic heterocycles. The minimum Gasteiger partial charge on any atom is -0.497 e. The second-order valence-corrected chi connectivity index (χ2v) is 5.11. The molecule has 0 fully saturated rings. The topological polar surface area (TPSA) is 73.6 Å². The van der Waals surface area contributed by atoms with E-state index in [9.17, 15) is 4.79 Å². The van der Waals surface area contributed by atoms with Crippen molar-refractivity contribution < 1.29 is 14.3 Å². The number of carbonyl (C=O) groups excluding carboxylic acids is 1. The van der Waals surface area contributed by atoms with Crippen molar-refractivity contribution in [1.29, 1.82) is 0 Å². The van der Waals surface area contributed by atoms with Crippen LogP contribution in [0.5, 0.6) is 11.5 Å². The van der Waals surface area contributed by atoms with Crippen LogP contribution in [0.1, 0.15) is 38.3 Å². The highest BCUT2D eigenvalue weighted by atomic mass is 16.5. The van der Waals surface area contributed by atoms with Crippen molar-refractivity contribution in [2.24, 2.45) is 11.7 Å². The van der Waals surface area contributed by atoms with Gasteiger partial charge in [-0.1, -0.05) is 13.3 Å². The van der Waals surface area contributed by atoms with Crippen LogP contribution in [0.4, 0.5) is 0 Å². The van der Waals surface area contributed by atoms with E-state index >= 15 is 0 Å². The standard InChI is InChI=1S/C16H26N2O3/c1-5-12(10-17)8-16(19)18-11(2)14-9-13(20-3)6-7-15(14)21-4/h6-7,9,11-12H,5,8,10,17H2,1-4H3,(H,18,19). The second-order valence-electron chi connectivity index (χ2n) is 5.11. The maximum atomic E-state index is 12.1. The predicted octanol–water partition coefficient (Wildman–Crippen LogP) is 2.26. The average Bonchev–Trinajstić information content (AvgIpc) is 2.51. The van der Waals surface area contributed by atoms with Crippen LogP contribution in [0.15, 0.2) is 18.2 Å². The van der Waals surface area contributed by atoms with E-state index in [1.165, 1.54) is 0 Å². The second kappa shape index (κ2) is 8.52. The fourth-order valence-corrected chi connectivity index (χ4v) is 2.21. The Morgan fingerprint density at radius 3 is 2.57 bits per heavy atom. The lowest BCUT2D eigenvalue weighted by Gasteiger charge is -2.19. The fourth-order valence-electron chi connectivity index (χ4n) is 2.21. The Bertz CT molecular complexity index is 459. The Morgan fingerprint density at radius 2 is 2.05 bits per heavy atom. The number of methoxy groups -OCH3 is 2. The van der Waals surface area contributed by atoms with Crippen LogP contribution in [0.25, 0.3) is 0 Å². The van der Waals surface area contributed by atoms with E-state index in [0.717, 1.165) is 23.5 Å². The zero-order valence-corrected chi connectivity index (χ0v) is 13.3. The maximum Gasteiger partial charge on any atom is 0.220 e. The number of hydrogen-bond acceptors (Lipinski definition) is 4. The highest BCUT2D eigenvalue weighted by Gasteiger charge is 2.17. The monoisotopic (exact) mass is 294 g/mol. The zero-order chi connectivity index (χ0) is 15.8. The van der Waals surface area contributed by atoms with Crippen molar-refractivity contribution in [2.75, 3.05) is 20.8 Å². The van der Waals surface area contributed by atoms with Gasteiger partial charge in [-0.15, -0.1) is 0 Å². The van der Waals surface area contributed by atoms with E-state index in [0.29, 0.717) is 13.0 Å². The molecule has 0 spiro atoms. The third-order valence-electron chi connectivity index (χ3n) is 3.67. The van der Waals surface area contributed by atoms with Crippen molar-refractivity contribution in [1.82, 2.24) is 5.32 Å². The number of ether oxygens (including phenoxy) is 2. The lowest BCUT2D eigenvalue weighted by Crippen LogP contribution is -2.30. The van der Waals surface area contributed by atoms with Gasteiger partial charge in [0.1, 0.15) is 11.5 Å². The van der Waals surface area contributed by atoms with E-state index in [4.69, 9.17) is 15.2 Å². The molecule has 0 saturated carbocycles. The summed E-state index contributed by atoms with van der Waals surface area (Å²) in [7, 11) is 3.23. The van der Waals surface area contributed by atoms with Crippen molar-refractivity contribution in [3.63, 3.8) is 0 Å². The van der Waals surface area contributed by atoms with Gasteiger partial charge in [0.2, 0.25) is 5.91 Å². The van der Waals surface area contributed by atoms with Crippen LogP contribution < -0.4 is 20.5 Å². The molecule has 0 saturated heterocycles. The molecule has 3 N–H and O–H groups in total. The van der Waals surface area contributed by atoms with Gasteiger partial charge in [0.05, 0.1) is 20.3 Å². The fraction of sp³-hybridized carbons (Fsp3) is 0.562.